The number of ether oxygens (including phenoxy) is 1. The first-order valence-electron chi connectivity index (χ1n) is 8.62. The predicted molar refractivity (Wildman–Crippen MR) is 83.6 cm³/mol. The first kappa shape index (κ1) is 15.1. The molecule has 1 aromatic heterocycles. The van der Waals surface area contributed by atoms with Crippen molar-refractivity contribution in [2.45, 2.75) is 32.7 Å². The predicted octanol–water partition coefficient (Wildman–Crippen LogP) is 1.35. The number of fused-ring (bicyclic) bond motifs is 1. The third-order valence-corrected chi connectivity index (χ3v) is 5.46. The van der Waals surface area contributed by atoms with Crippen molar-refractivity contribution >= 4 is 5.91 Å². The highest BCUT2D eigenvalue weighted by molar-refractivity contribution is 5.76. The van der Waals surface area contributed by atoms with E-state index in [9.17, 15) is 4.79 Å². The van der Waals surface area contributed by atoms with Gasteiger partial charge in [0.1, 0.15) is 5.76 Å². The summed E-state index contributed by atoms with van der Waals surface area (Å²) in [6.45, 7) is 6.96. The Morgan fingerprint density at radius 2 is 2.39 bits per heavy atom. The molecular weight excluding hydrogens is 294 g/mol. The van der Waals surface area contributed by atoms with Crippen LogP contribution in [0.15, 0.2) is 10.6 Å². The molecule has 3 heterocycles. The number of nitrogens with zero attached hydrogens (tertiary/aromatic N) is 2. The molecule has 0 bridgehead atoms. The Hall–Kier alpha value is -1.40. The largest absolute Gasteiger partial charge is 0.380 e. The molecule has 0 aromatic carbocycles. The third kappa shape index (κ3) is 3.28. The van der Waals surface area contributed by atoms with Crippen molar-refractivity contribution in [1.82, 2.24) is 15.4 Å². The summed E-state index contributed by atoms with van der Waals surface area (Å²) in [5, 5.41) is 7.26. The second-order valence-corrected chi connectivity index (χ2v) is 7.60. The number of rotatable bonds is 6. The minimum absolute atomic E-state index is 0.0675. The van der Waals surface area contributed by atoms with E-state index in [2.05, 4.69) is 15.4 Å². The maximum absolute atomic E-state index is 12.0. The van der Waals surface area contributed by atoms with Crippen molar-refractivity contribution in [2.24, 2.45) is 17.3 Å². The minimum Gasteiger partial charge on any atom is -0.380 e. The lowest BCUT2D eigenvalue weighted by Gasteiger charge is -2.27. The second-order valence-electron chi connectivity index (χ2n) is 7.60. The van der Waals surface area contributed by atoms with Crippen LogP contribution in [-0.2, 0) is 16.1 Å². The summed E-state index contributed by atoms with van der Waals surface area (Å²) in [5.74, 6) is 2.19. The number of hydrogen-bond donors (Lipinski definition) is 1. The van der Waals surface area contributed by atoms with Crippen molar-refractivity contribution in [1.29, 1.82) is 0 Å². The van der Waals surface area contributed by atoms with Gasteiger partial charge in [0.05, 0.1) is 18.9 Å². The summed E-state index contributed by atoms with van der Waals surface area (Å²) in [7, 11) is 0. The van der Waals surface area contributed by atoms with E-state index in [1.165, 1.54) is 12.8 Å². The van der Waals surface area contributed by atoms with Crippen molar-refractivity contribution in [3.05, 3.63) is 17.5 Å². The van der Waals surface area contributed by atoms with Gasteiger partial charge in [-0.05, 0) is 25.7 Å². The minimum atomic E-state index is 0.0675. The fourth-order valence-corrected chi connectivity index (χ4v) is 3.97. The number of carbonyl (C=O) groups excluding carboxylic acids is 1. The van der Waals surface area contributed by atoms with E-state index < -0.39 is 0 Å². The average Bonchev–Trinajstić information content (AvgIpc) is 2.94. The topological polar surface area (TPSA) is 67.6 Å². The Labute approximate surface area is 136 Å². The van der Waals surface area contributed by atoms with Crippen LogP contribution in [0.5, 0.6) is 0 Å². The van der Waals surface area contributed by atoms with Crippen molar-refractivity contribution in [3.63, 3.8) is 0 Å². The Morgan fingerprint density at radius 3 is 3.13 bits per heavy atom. The van der Waals surface area contributed by atoms with Crippen LogP contribution in [0.25, 0.3) is 0 Å². The van der Waals surface area contributed by atoms with Crippen molar-refractivity contribution in [3.8, 4) is 0 Å². The zero-order valence-corrected chi connectivity index (χ0v) is 13.7. The van der Waals surface area contributed by atoms with Gasteiger partial charge in [0.25, 0.3) is 0 Å². The maximum Gasteiger partial charge on any atom is 0.220 e. The van der Waals surface area contributed by atoms with Gasteiger partial charge in [0.15, 0.2) is 0 Å². The molecule has 1 amide bonds. The van der Waals surface area contributed by atoms with E-state index >= 15 is 0 Å². The summed E-state index contributed by atoms with van der Waals surface area (Å²) < 4.78 is 10.9. The molecule has 4 rings (SSSR count). The molecule has 2 aliphatic heterocycles. The number of hydrogen-bond acceptors (Lipinski definition) is 5. The zero-order chi connectivity index (χ0) is 15.9. The molecule has 1 saturated carbocycles. The molecule has 1 aromatic rings. The number of amides is 1. The number of likely N-dealkylation sites (tertiary alicyclic amines) is 1. The van der Waals surface area contributed by atoms with Crippen LogP contribution in [0.1, 0.15) is 30.7 Å². The van der Waals surface area contributed by atoms with Crippen LogP contribution in [0.2, 0.25) is 0 Å². The molecule has 2 atom stereocenters. The summed E-state index contributed by atoms with van der Waals surface area (Å²) in [6, 6.07) is 1.99. The summed E-state index contributed by atoms with van der Waals surface area (Å²) in [4.78, 5) is 14.4. The lowest BCUT2D eigenvalue weighted by molar-refractivity contribution is -0.122. The molecule has 0 unspecified atom stereocenters. The molecule has 23 heavy (non-hydrogen) atoms. The van der Waals surface area contributed by atoms with Gasteiger partial charge in [-0.25, -0.2) is 0 Å². The van der Waals surface area contributed by atoms with Gasteiger partial charge in [0, 0.05) is 50.0 Å². The molecule has 0 spiro atoms. The van der Waals surface area contributed by atoms with Crippen LogP contribution in [0.3, 0.4) is 0 Å². The Morgan fingerprint density at radius 1 is 1.52 bits per heavy atom. The van der Waals surface area contributed by atoms with Gasteiger partial charge in [-0.2, -0.15) is 0 Å². The Balaban J connectivity index is 1.35. The summed E-state index contributed by atoms with van der Waals surface area (Å²) in [6.07, 6.45) is 3.13. The lowest BCUT2D eigenvalue weighted by Crippen LogP contribution is -2.43. The first-order valence-corrected chi connectivity index (χ1v) is 8.62. The van der Waals surface area contributed by atoms with E-state index in [-0.39, 0.29) is 11.3 Å². The van der Waals surface area contributed by atoms with Gasteiger partial charge in [-0.1, -0.05) is 5.16 Å². The van der Waals surface area contributed by atoms with Crippen molar-refractivity contribution in [2.75, 3.05) is 32.8 Å². The molecular formula is C17H25N3O3. The normalized spacial score (nSPS) is 30.6. The van der Waals surface area contributed by atoms with E-state index in [0.29, 0.717) is 18.3 Å². The summed E-state index contributed by atoms with van der Waals surface area (Å²) in [5.41, 5.74) is 1.05. The van der Waals surface area contributed by atoms with Crippen LogP contribution in [0, 0.1) is 24.2 Å². The molecule has 6 nitrogen and oxygen atoms in total. The van der Waals surface area contributed by atoms with Gasteiger partial charge in [-0.3, -0.25) is 9.69 Å². The molecule has 6 heteroatoms. The highest BCUT2D eigenvalue weighted by Crippen LogP contribution is 2.41. The van der Waals surface area contributed by atoms with Gasteiger partial charge >= 0.3 is 0 Å². The monoisotopic (exact) mass is 319 g/mol. The molecule has 1 aliphatic carbocycles. The first-order chi connectivity index (χ1) is 11.1. The quantitative estimate of drug-likeness (QED) is 0.857. The fourth-order valence-electron chi connectivity index (χ4n) is 3.97. The SMILES string of the molecule is Cc1cc(CN2C[C@@H]3COC[C@]3(CNC(=O)CC3CC3)C2)no1. The third-order valence-electron chi connectivity index (χ3n) is 5.46. The molecule has 0 radical (unpaired) electrons. The molecule has 3 fully saturated rings. The Kier molecular flexibility index (Phi) is 3.89. The van der Waals surface area contributed by atoms with Crippen molar-refractivity contribution < 1.29 is 14.1 Å². The summed E-state index contributed by atoms with van der Waals surface area (Å²) >= 11 is 0. The smallest absolute Gasteiger partial charge is 0.220 e. The van der Waals surface area contributed by atoms with Crippen LogP contribution in [0.4, 0.5) is 0 Å². The van der Waals surface area contributed by atoms with Gasteiger partial charge < -0.3 is 14.6 Å². The van der Waals surface area contributed by atoms with Crippen LogP contribution >= 0.6 is 0 Å². The van der Waals surface area contributed by atoms with Crippen LogP contribution < -0.4 is 5.32 Å². The highest BCUT2D eigenvalue weighted by Gasteiger charge is 2.50. The molecule has 1 N–H and O–H groups in total. The lowest BCUT2D eigenvalue weighted by atomic mass is 9.81. The maximum atomic E-state index is 12.0. The Bertz CT molecular complexity index is 583. The van der Waals surface area contributed by atoms with Crippen LogP contribution in [-0.4, -0.2) is 48.8 Å². The second kappa shape index (κ2) is 5.91. The average molecular weight is 319 g/mol. The van der Waals surface area contributed by atoms with E-state index in [1.54, 1.807) is 0 Å². The fraction of sp³-hybridized carbons (Fsp3) is 0.765. The molecule has 3 aliphatic rings. The number of aryl methyl sites for hydroxylation is 1. The van der Waals surface area contributed by atoms with E-state index in [1.807, 2.05) is 13.0 Å². The molecule has 126 valence electrons. The molecule has 2 saturated heterocycles. The van der Waals surface area contributed by atoms with Gasteiger partial charge in [-0.15, -0.1) is 0 Å². The van der Waals surface area contributed by atoms with E-state index in [4.69, 9.17) is 9.26 Å². The number of nitrogens with one attached hydrogen (secondary N) is 1. The zero-order valence-electron chi connectivity index (χ0n) is 13.7. The van der Waals surface area contributed by atoms with E-state index in [0.717, 1.165) is 50.8 Å². The standard InChI is InChI=1S/C17H25N3O3/c1-12-4-15(19-23-12)7-20-6-14-8-22-11-17(14,10-20)9-18-16(21)5-13-2-3-13/h4,13-14H,2-3,5-11H2,1H3,(H,18,21)/t14-,17+/m1/s1. The number of aromatic nitrogens is 1. The highest BCUT2D eigenvalue weighted by atomic mass is 16.5. The van der Waals surface area contributed by atoms with Gasteiger partial charge in [0.2, 0.25) is 5.91 Å². The number of carbonyl (C=O) groups is 1.